The Kier molecular flexibility index (Phi) is 3.78. The van der Waals surface area contributed by atoms with Gasteiger partial charge in [0.15, 0.2) is 11.3 Å². The van der Waals surface area contributed by atoms with Crippen molar-refractivity contribution in [3.8, 4) is 0 Å². The fraction of sp³-hybridized carbons (Fsp3) is 0.190. The van der Waals surface area contributed by atoms with Gasteiger partial charge in [0.2, 0.25) is 0 Å². The number of nitrogens with zero attached hydrogens (tertiary/aromatic N) is 1. The van der Waals surface area contributed by atoms with Gasteiger partial charge < -0.3 is 15.2 Å². The monoisotopic (exact) mass is 378 g/mol. The summed E-state index contributed by atoms with van der Waals surface area (Å²) in [6.45, 7) is 3.73. The third kappa shape index (κ3) is 2.13. The summed E-state index contributed by atoms with van der Waals surface area (Å²) in [5.74, 6) is -3.18. The number of anilines is 2. The number of carbonyl (C=O) groups is 3. The van der Waals surface area contributed by atoms with Crippen LogP contribution in [0.4, 0.5) is 11.4 Å². The second-order valence-corrected chi connectivity index (χ2v) is 6.90. The fourth-order valence-corrected chi connectivity index (χ4v) is 3.87. The van der Waals surface area contributed by atoms with E-state index in [4.69, 9.17) is 4.74 Å². The lowest BCUT2D eigenvalue weighted by atomic mass is 9.82. The molecule has 2 aromatic rings. The molecule has 2 N–H and O–H groups in total. The Bertz CT molecular complexity index is 1070. The van der Waals surface area contributed by atoms with Gasteiger partial charge >= 0.3 is 5.97 Å². The molecule has 2 aliphatic heterocycles. The summed E-state index contributed by atoms with van der Waals surface area (Å²) < 4.78 is 4.82. The van der Waals surface area contributed by atoms with Crippen LogP contribution in [0.5, 0.6) is 0 Å². The average molecular weight is 378 g/mol. The zero-order valence-corrected chi connectivity index (χ0v) is 15.6. The predicted molar refractivity (Wildman–Crippen MR) is 102 cm³/mol. The van der Waals surface area contributed by atoms with Gasteiger partial charge in [0.05, 0.1) is 7.11 Å². The quantitative estimate of drug-likeness (QED) is 0.783. The number of aryl methyl sites for hydroxylation is 2. The standard InChI is InChI=1S/C21H18N2O5/c1-11-4-7-13(8-5-11)23-18(25)17(24)16(19(26)28-3)21(23)14-10-12(2)6-9-15(14)22-20(21)27/h4-10,24H,1-3H3,(H,22,27). The average Bonchev–Trinajstić information content (AvgIpc) is 3.08. The molecule has 2 aliphatic rings. The summed E-state index contributed by atoms with van der Waals surface area (Å²) in [7, 11) is 1.14. The summed E-state index contributed by atoms with van der Waals surface area (Å²) in [5, 5.41) is 13.3. The van der Waals surface area contributed by atoms with Gasteiger partial charge in [0, 0.05) is 16.9 Å². The van der Waals surface area contributed by atoms with Crippen molar-refractivity contribution in [2.24, 2.45) is 0 Å². The maximum absolute atomic E-state index is 13.3. The first kappa shape index (κ1) is 17.8. The van der Waals surface area contributed by atoms with E-state index < -0.39 is 29.1 Å². The number of nitrogens with one attached hydrogen (secondary N) is 1. The first-order valence-electron chi connectivity index (χ1n) is 8.68. The van der Waals surface area contributed by atoms with Crippen molar-refractivity contribution in [3.05, 3.63) is 70.5 Å². The van der Waals surface area contributed by atoms with Crippen LogP contribution in [-0.2, 0) is 24.7 Å². The molecule has 0 radical (unpaired) electrons. The van der Waals surface area contributed by atoms with Crippen molar-refractivity contribution in [1.82, 2.24) is 0 Å². The van der Waals surface area contributed by atoms with E-state index >= 15 is 0 Å². The van der Waals surface area contributed by atoms with Gasteiger partial charge in [-0.25, -0.2) is 4.79 Å². The van der Waals surface area contributed by atoms with Crippen LogP contribution in [0.3, 0.4) is 0 Å². The van der Waals surface area contributed by atoms with Gasteiger partial charge in [-0.3, -0.25) is 14.5 Å². The van der Waals surface area contributed by atoms with Crippen molar-refractivity contribution >= 4 is 29.2 Å². The first-order chi connectivity index (χ1) is 13.3. The highest BCUT2D eigenvalue weighted by Crippen LogP contribution is 2.52. The second-order valence-electron chi connectivity index (χ2n) is 6.90. The number of aliphatic hydroxyl groups excluding tert-OH is 1. The van der Waals surface area contributed by atoms with Gasteiger partial charge in [0.25, 0.3) is 11.8 Å². The van der Waals surface area contributed by atoms with Crippen LogP contribution in [0, 0.1) is 13.8 Å². The number of hydrogen-bond donors (Lipinski definition) is 2. The molecule has 4 rings (SSSR count). The molecular formula is C21H18N2O5. The van der Waals surface area contributed by atoms with Crippen LogP contribution < -0.4 is 10.2 Å². The lowest BCUT2D eigenvalue weighted by Gasteiger charge is -2.34. The number of benzene rings is 2. The van der Waals surface area contributed by atoms with Crippen LogP contribution in [0.2, 0.25) is 0 Å². The Labute approximate surface area is 161 Å². The molecule has 28 heavy (non-hydrogen) atoms. The maximum Gasteiger partial charge on any atom is 0.341 e. The molecule has 0 saturated heterocycles. The van der Waals surface area contributed by atoms with E-state index in [0.717, 1.165) is 23.1 Å². The van der Waals surface area contributed by atoms with E-state index in [-0.39, 0.29) is 5.57 Å². The number of ether oxygens (including phenoxy) is 1. The van der Waals surface area contributed by atoms with Crippen molar-refractivity contribution < 1.29 is 24.2 Å². The summed E-state index contributed by atoms with van der Waals surface area (Å²) >= 11 is 0. The zero-order valence-electron chi connectivity index (χ0n) is 15.6. The third-order valence-corrected chi connectivity index (χ3v) is 5.16. The minimum Gasteiger partial charge on any atom is -0.503 e. The minimum atomic E-state index is -1.84. The minimum absolute atomic E-state index is 0.380. The van der Waals surface area contributed by atoms with Crippen molar-refractivity contribution in [1.29, 1.82) is 0 Å². The summed E-state index contributed by atoms with van der Waals surface area (Å²) in [6.07, 6.45) is 0. The third-order valence-electron chi connectivity index (χ3n) is 5.16. The van der Waals surface area contributed by atoms with Gasteiger partial charge in [-0.1, -0.05) is 35.4 Å². The topological polar surface area (TPSA) is 95.9 Å². The van der Waals surface area contributed by atoms with E-state index in [1.165, 1.54) is 0 Å². The molecule has 2 amide bonds. The van der Waals surface area contributed by atoms with Crippen LogP contribution >= 0.6 is 0 Å². The number of aliphatic hydroxyl groups is 1. The highest BCUT2D eigenvalue weighted by molar-refractivity contribution is 6.27. The molecule has 0 saturated carbocycles. The molecule has 7 heteroatoms. The van der Waals surface area contributed by atoms with Gasteiger partial charge in [0.1, 0.15) is 5.57 Å². The Balaban J connectivity index is 2.08. The SMILES string of the molecule is COC(=O)C1=C(O)C(=O)N(c2ccc(C)cc2)C12C(=O)Nc1ccc(C)cc12. The van der Waals surface area contributed by atoms with Gasteiger partial charge in [-0.2, -0.15) is 0 Å². The molecule has 7 nitrogen and oxygen atoms in total. The molecule has 1 atom stereocenters. The molecule has 0 aromatic heterocycles. The van der Waals surface area contributed by atoms with Crippen LogP contribution in [0.25, 0.3) is 0 Å². The molecule has 2 heterocycles. The summed E-state index contributed by atoms with van der Waals surface area (Å²) in [6, 6.07) is 12.2. The van der Waals surface area contributed by atoms with Gasteiger partial charge in [-0.15, -0.1) is 0 Å². The Hall–Kier alpha value is -3.61. The number of methoxy groups -OCH3 is 1. The van der Waals surface area contributed by atoms with Gasteiger partial charge in [-0.05, 0) is 32.0 Å². The highest BCUT2D eigenvalue weighted by atomic mass is 16.5. The van der Waals surface area contributed by atoms with Crippen molar-refractivity contribution in [2.75, 3.05) is 17.3 Å². The highest BCUT2D eigenvalue weighted by Gasteiger charge is 2.65. The normalized spacial score (nSPS) is 20.6. The fourth-order valence-electron chi connectivity index (χ4n) is 3.87. The van der Waals surface area contributed by atoms with Crippen LogP contribution in [0.15, 0.2) is 53.8 Å². The lowest BCUT2D eigenvalue weighted by Crippen LogP contribution is -2.52. The Morgan fingerprint density at radius 2 is 1.71 bits per heavy atom. The smallest absolute Gasteiger partial charge is 0.341 e. The number of amides is 2. The molecule has 142 valence electrons. The van der Waals surface area contributed by atoms with E-state index in [0.29, 0.717) is 16.9 Å². The zero-order chi connectivity index (χ0) is 20.2. The van der Waals surface area contributed by atoms with Crippen LogP contribution in [0.1, 0.15) is 16.7 Å². The van der Waals surface area contributed by atoms with E-state index in [1.54, 1.807) is 36.4 Å². The Morgan fingerprint density at radius 1 is 1.07 bits per heavy atom. The number of fused-ring (bicyclic) bond motifs is 2. The molecular weight excluding hydrogens is 360 g/mol. The molecule has 0 bridgehead atoms. The number of carbonyl (C=O) groups excluding carboxylic acids is 3. The van der Waals surface area contributed by atoms with Crippen LogP contribution in [-0.4, -0.2) is 30.0 Å². The molecule has 0 aliphatic carbocycles. The van der Waals surface area contributed by atoms with E-state index in [9.17, 15) is 19.5 Å². The number of esters is 1. The predicted octanol–water partition coefficient (Wildman–Crippen LogP) is 2.48. The lowest BCUT2D eigenvalue weighted by molar-refractivity contribution is -0.138. The maximum atomic E-state index is 13.3. The van der Waals surface area contributed by atoms with E-state index in [2.05, 4.69) is 5.32 Å². The molecule has 1 unspecified atom stereocenters. The van der Waals surface area contributed by atoms with Crippen molar-refractivity contribution in [2.45, 2.75) is 19.4 Å². The molecule has 1 spiro atoms. The van der Waals surface area contributed by atoms with E-state index in [1.807, 2.05) is 19.9 Å². The number of rotatable bonds is 2. The molecule has 0 fully saturated rings. The number of hydrogen-bond acceptors (Lipinski definition) is 5. The largest absolute Gasteiger partial charge is 0.503 e. The Morgan fingerprint density at radius 3 is 2.36 bits per heavy atom. The summed E-state index contributed by atoms with van der Waals surface area (Å²) in [4.78, 5) is 40.1. The van der Waals surface area contributed by atoms with Crippen molar-refractivity contribution in [3.63, 3.8) is 0 Å². The molecule has 2 aromatic carbocycles. The second kappa shape index (κ2) is 5.95. The first-order valence-corrected chi connectivity index (χ1v) is 8.68. The summed E-state index contributed by atoms with van der Waals surface area (Å²) in [5.41, 5.74) is 0.828.